The van der Waals surface area contributed by atoms with Crippen LogP contribution in [-0.4, -0.2) is 39.6 Å². The quantitative estimate of drug-likeness (QED) is 0.291. The van der Waals surface area contributed by atoms with Crippen molar-refractivity contribution >= 4 is 22.6 Å². The van der Waals surface area contributed by atoms with Gasteiger partial charge in [-0.25, -0.2) is 4.98 Å². The molecule has 0 radical (unpaired) electrons. The zero-order valence-corrected chi connectivity index (χ0v) is 19.8. The van der Waals surface area contributed by atoms with Crippen LogP contribution in [0.25, 0.3) is 22.2 Å². The molecule has 7 nitrogen and oxygen atoms in total. The largest absolute Gasteiger partial charge is 0.487 e. The maximum atomic E-state index is 12.7. The lowest BCUT2D eigenvalue weighted by Gasteiger charge is -2.22. The van der Waals surface area contributed by atoms with E-state index in [2.05, 4.69) is 25.6 Å². The number of carbonyl (C=O) groups is 1. The average Bonchev–Trinajstić information content (AvgIpc) is 3.26. The van der Waals surface area contributed by atoms with E-state index in [-0.39, 0.29) is 5.92 Å². The van der Waals surface area contributed by atoms with Crippen molar-refractivity contribution < 1.29 is 22.7 Å². The summed E-state index contributed by atoms with van der Waals surface area (Å²) in [5.41, 5.74) is 3.55. The molecule has 3 aromatic heterocycles. The number of hydrogen-bond acceptors (Lipinski definition) is 5. The van der Waals surface area contributed by atoms with Gasteiger partial charge in [0.1, 0.15) is 18.0 Å². The summed E-state index contributed by atoms with van der Waals surface area (Å²) in [6, 6.07) is 12.3. The molecule has 3 heterocycles. The SMILES string of the molecule is CC(C)[C@H](NCC(F)(F)F)C(=O)Nc1cncc(-c2c[nH]c3ncc(OCc4ccccc4)cc23)c1. The minimum absolute atomic E-state index is 0.350. The summed E-state index contributed by atoms with van der Waals surface area (Å²) in [6.07, 6.45) is 2.09. The molecule has 0 saturated carbocycles. The molecule has 0 bridgehead atoms. The van der Waals surface area contributed by atoms with Crippen LogP contribution in [-0.2, 0) is 11.4 Å². The van der Waals surface area contributed by atoms with E-state index in [1.807, 2.05) is 36.4 Å². The molecule has 10 heteroatoms. The van der Waals surface area contributed by atoms with Crippen LogP contribution in [0.4, 0.5) is 18.9 Å². The summed E-state index contributed by atoms with van der Waals surface area (Å²) in [5, 5.41) is 5.77. The minimum Gasteiger partial charge on any atom is -0.487 e. The zero-order valence-electron chi connectivity index (χ0n) is 19.8. The van der Waals surface area contributed by atoms with Crippen molar-refractivity contribution in [3.05, 3.63) is 72.8 Å². The molecular formula is C26H26F3N5O2. The van der Waals surface area contributed by atoms with Gasteiger partial charge in [-0.05, 0) is 23.6 Å². The molecular weight excluding hydrogens is 471 g/mol. The molecule has 4 aromatic rings. The molecule has 0 unspecified atom stereocenters. The molecule has 0 aliphatic rings. The monoisotopic (exact) mass is 497 g/mol. The highest BCUT2D eigenvalue weighted by Gasteiger charge is 2.31. The number of halogens is 3. The van der Waals surface area contributed by atoms with E-state index in [1.54, 1.807) is 38.5 Å². The van der Waals surface area contributed by atoms with Gasteiger partial charge >= 0.3 is 6.18 Å². The van der Waals surface area contributed by atoms with Crippen LogP contribution < -0.4 is 15.4 Å². The lowest BCUT2D eigenvalue weighted by Crippen LogP contribution is -2.47. The van der Waals surface area contributed by atoms with Crippen LogP contribution >= 0.6 is 0 Å². The zero-order chi connectivity index (χ0) is 25.7. The first-order valence-corrected chi connectivity index (χ1v) is 11.4. The van der Waals surface area contributed by atoms with Crippen molar-refractivity contribution in [1.82, 2.24) is 20.3 Å². The van der Waals surface area contributed by atoms with E-state index in [0.29, 0.717) is 29.3 Å². The van der Waals surface area contributed by atoms with Crippen LogP contribution in [0.2, 0.25) is 0 Å². The van der Waals surface area contributed by atoms with Gasteiger partial charge in [-0.15, -0.1) is 0 Å². The van der Waals surface area contributed by atoms with E-state index >= 15 is 0 Å². The maximum Gasteiger partial charge on any atom is 0.401 e. The second-order valence-electron chi connectivity index (χ2n) is 8.71. The van der Waals surface area contributed by atoms with Gasteiger partial charge in [0.15, 0.2) is 0 Å². The van der Waals surface area contributed by atoms with Gasteiger partial charge in [0.25, 0.3) is 0 Å². The number of nitrogens with zero attached hydrogens (tertiary/aromatic N) is 2. The highest BCUT2D eigenvalue weighted by atomic mass is 19.4. The summed E-state index contributed by atoms with van der Waals surface area (Å²) in [6.45, 7) is 2.51. The lowest BCUT2D eigenvalue weighted by atomic mass is 10.0. The van der Waals surface area contributed by atoms with E-state index in [4.69, 9.17) is 4.74 Å². The molecule has 3 N–H and O–H groups in total. The van der Waals surface area contributed by atoms with E-state index in [0.717, 1.165) is 16.5 Å². The second kappa shape index (κ2) is 10.8. The first kappa shape index (κ1) is 25.2. The van der Waals surface area contributed by atoms with E-state index in [1.165, 1.54) is 6.20 Å². The molecule has 36 heavy (non-hydrogen) atoms. The fraction of sp³-hybridized carbons (Fsp3) is 0.269. The minimum atomic E-state index is -4.41. The number of ether oxygens (including phenoxy) is 1. The molecule has 188 valence electrons. The van der Waals surface area contributed by atoms with Gasteiger partial charge < -0.3 is 15.0 Å². The van der Waals surface area contributed by atoms with Gasteiger partial charge in [0.2, 0.25) is 5.91 Å². The molecule has 1 atom stereocenters. The molecule has 1 amide bonds. The third-order valence-electron chi connectivity index (χ3n) is 5.54. The summed E-state index contributed by atoms with van der Waals surface area (Å²) >= 11 is 0. The Bertz CT molecular complexity index is 1320. The fourth-order valence-electron chi connectivity index (χ4n) is 3.78. The number of carbonyl (C=O) groups excluding carboxylic acids is 1. The standard InChI is InChI=1S/C26H26F3N5O2/c1-16(2)23(33-15-26(27,28)29)25(35)34-19-8-18(10-30-11-19)22-13-32-24-21(22)9-20(12-31-24)36-14-17-6-4-3-5-7-17/h3-13,16,23,33H,14-15H2,1-2H3,(H,31,32)(H,34,35)/t23-/m0/s1. The number of aromatic nitrogens is 3. The van der Waals surface area contributed by atoms with Gasteiger partial charge in [-0.3, -0.25) is 15.1 Å². The van der Waals surface area contributed by atoms with E-state index in [9.17, 15) is 18.0 Å². The van der Waals surface area contributed by atoms with Gasteiger partial charge in [0, 0.05) is 28.9 Å². The molecule has 1 aromatic carbocycles. The number of rotatable bonds is 9. The molecule has 0 saturated heterocycles. The van der Waals surface area contributed by atoms with Gasteiger partial charge in [0.05, 0.1) is 30.7 Å². The predicted octanol–water partition coefficient (Wildman–Crippen LogP) is 5.32. The number of amides is 1. The Morgan fingerprint density at radius 3 is 2.61 bits per heavy atom. The van der Waals surface area contributed by atoms with Crippen molar-refractivity contribution in [2.75, 3.05) is 11.9 Å². The van der Waals surface area contributed by atoms with Gasteiger partial charge in [-0.1, -0.05) is 44.2 Å². The van der Waals surface area contributed by atoms with Crippen molar-refractivity contribution in [2.45, 2.75) is 32.7 Å². The van der Waals surface area contributed by atoms with Gasteiger partial charge in [-0.2, -0.15) is 13.2 Å². The summed E-state index contributed by atoms with van der Waals surface area (Å²) in [4.78, 5) is 24.5. The van der Waals surface area contributed by atoms with Crippen LogP contribution in [0, 0.1) is 5.92 Å². The molecule has 0 aliphatic carbocycles. The average molecular weight is 498 g/mol. The van der Waals surface area contributed by atoms with Crippen LogP contribution in [0.3, 0.4) is 0 Å². The topological polar surface area (TPSA) is 91.9 Å². The summed E-state index contributed by atoms with van der Waals surface area (Å²) < 4.78 is 43.8. The smallest absolute Gasteiger partial charge is 0.401 e. The molecule has 0 fully saturated rings. The highest BCUT2D eigenvalue weighted by molar-refractivity contribution is 5.97. The second-order valence-corrected chi connectivity index (χ2v) is 8.71. The van der Waals surface area contributed by atoms with Crippen molar-refractivity contribution in [3.8, 4) is 16.9 Å². The molecule has 0 aliphatic heterocycles. The Hall–Kier alpha value is -3.92. The number of nitrogens with one attached hydrogen (secondary N) is 3. The van der Waals surface area contributed by atoms with Crippen molar-refractivity contribution in [3.63, 3.8) is 0 Å². The fourth-order valence-corrected chi connectivity index (χ4v) is 3.78. The first-order chi connectivity index (χ1) is 17.2. The summed E-state index contributed by atoms with van der Waals surface area (Å²) in [5.74, 6) is -0.317. The van der Waals surface area contributed by atoms with Crippen molar-refractivity contribution in [2.24, 2.45) is 5.92 Å². The predicted molar refractivity (Wildman–Crippen MR) is 131 cm³/mol. The normalized spacial score (nSPS) is 12.6. The lowest BCUT2D eigenvalue weighted by molar-refractivity contribution is -0.131. The number of hydrogen-bond donors (Lipinski definition) is 3. The van der Waals surface area contributed by atoms with Crippen LogP contribution in [0.15, 0.2) is 67.3 Å². The number of aromatic amines is 1. The number of alkyl halides is 3. The Kier molecular flexibility index (Phi) is 7.54. The van der Waals surface area contributed by atoms with E-state index < -0.39 is 24.7 Å². The number of fused-ring (bicyclic) bond motifs is 1. The molecule has 4 rings (SSSR count). The third kappa shape index (κ3) is 6.39. The van der Waals surface area contributed by atoms with Crippen molar-refractivity contribution in [1.29, 1.82) is 0 Å². The Balaban J connectivity index is 1.52. The van der Waals surface area contributed by atoms with Crippen LogP contribution in [0.1, 0.15) is 19.4 Å². The Morgan fingerprint density at radius 1 is 1.11 bits per heavy atom. The number of pyridine rings is 2. The number of anilines is 1. The summed E-state index contributed by atoms with van der Waals surface area (Å²) in [7, 11) is 0. The Labute approximate surface area is 206 Å². The Morgan fingerprint density at radius 2 is 1.89 bits per heavy atom. The maximum absolute atomic E-state index is 12.7. The third-order valence-corrected chi connectivity index (χ3v) is 5.54. The highest BCUT2D eigenvalue weighted by Crippen LogP contribution is 2.31. The molecule has 0 spiro atoms. The van der Waals surface area contributed by atoms with Crippen LogP contribution in [0.5, 0.6) is 5.75 Å². The number of H-pyrrole nitrogens is 1. The first-order valence-electron chi connectivity index (χ1n) is 11.4. The number of benzene rings is 1.